The molecule has 1 aromatic rings. The van der Waals surface area contributed by atoms with Crippen LogP contribution in [-0.2, 0) is 4.74 Å². The van der Waals surface area contributed by atoms with E-state index in [2.05, 4.69) is 31.9 Å². The molecule has 14 heavy (non-hydrogen) atoms. The van der Waals surface area contributed by atoms with Gasteiger partial charge in [0.1, 0.15) is 0 Å². The molecule has 0 saturated carbocycles. The van der Waals surface area contributed by atoms with Crippen molar-refractivity contribution in [1.82, 2.24) is 0 Å². The highest BCUT2D eigenvalue weighted by atomic mass is 79.9. The zero-order chi connectivity index (χ0) is 10.1. The van der Waals surface area contributed by atoms with Gasteiger partial charge in [0.15, 0.2) is 0 Å². The van der Waals surface area contributed by atoms with E-state index in [1.807, 2.05) is 6.07 Å². The van der Waals surface area contributed by atoms with Crippen LogP contribution in [0.5, 0.6) is 0 Å². The number of hydrogen-bond donors (Lipinski definition) is 1. The fourth-order valence-corrected chi connectivity index (χ4v) is 3.71. The molecule has 5 heteroatoms. The third-order valence-corrected chi connectivity index (χ3v) is 5.69. The Morgan fingerprint density at radius 3 is 2.86 bits per heavy atom. The topological polar surface area (TPSA) is 29.5 Å². The zero-order valence-electron chi connectivity index (χ0n) is 7.37. The van der Waals surface area contributed by atoms with Crippen LogP contribution in [0.3, 0.4) is 0 Å². The lowest BCUT2D eigenvalue weighted by molar-refractivity contribution is 0.0944. The summed E-state index contributed by atoms with van der Waals surface area (Å²) in [5.74, 6) is 0.257. The molecule has 1 aromatic heterocycles. The van der Waals surface area contributed by atoms with Gasteiger partial charge in [0.2, 0.25) is 0 Å². The van der Waals surface area contributed by atoms with E-state index in [0.29, 0.717) is 6.61 Å². The first kappa shape index (κ1) is 11.1. The molecule has 1 aliphatic rings. The highest BCUT2D eigenvalue weighted by Gasteiger charge is 2.26. The largest absolute Gasteiger partial charge is 0.387 e. The molecule has 2 heterocycles. The van der Waals surface area contributed by atoms with E-state index < -0.39 is 0 Å². The van der Waals surface area contributed by atoms with Crippen LogP contribution in [0.2, 0.25) is 0 Å². The minimum Gasteiger partial charge on any atom is -0.387 e. The van der Waals surface area contributed by atoms with Gasteiger partial charge in [0.25, 0.3) is 0 Å². The Morgan fingerprint density at radius 2 is 2.36 bits per heavy atom. The van der Waals surface area contributed by atoms with E-state index in [9.17, 15) is 5.11 Å². The molecule has 0 spiro atoms. The van der Waals surface area contributed by atoms with Crippen LogP contribution in [0.15, 0.2) is 14.3 Å². The lowest BCUT2D eigenvalue weighted by Gasteiger charge is -2.13. The molecule has 1 aliphatic heterocycles. The molecule has 0 amide bonds. The van der Waals surface area contributed by atoms with Gasteiger partial charge in [-0.05, 0) is 44.3 Å². The molecule has 2 nitrogen and oxygen atoms in total. The van der Waals surface area contributed by atoms with Crippen LogP contribution in [0, 0.1) is 5.92 Å². The van der Waals surface area contributed by atoms with Crippen LogP contribution in [0.1, 0.15) is 17.4 Å². The summed E-state index contributed by atoms with van der Waals surface area (Å²) < 4.78 is 7.30. The predicted octanol–water partition coefficient (Wildman–Crippen LogP) is 3.34. The van der Waals surface area contributed by atoms with Crippen LogP contribution in [0.25, 0.3) is 0 Å². The normalized spacial score (nSPS) is 24.1. The maximum atomic E-state index is 10.0. The Morgan fingerprint density at radius 1 is 1.57 bits per heavy atom. The number of aliphatic hydroxyl groups is 1. The fraction of sp³-hybridized carbons (Fsp3) is 0.556. The van der Waals surface area contributed by atoms with Gasteiger partial charge in [0, 0.05) is 21.9 Å². The van der Waals surface area contributed by atoms with E-state index in [-0.39, 0.29) is 12.0 Å². The Hall–Kier alpha value is 0.580. The molecule has 2 rings (SSSR count). The molecule has 0 aromatic carbocycles. The Bertz CT molecular complexity index is 301. The molecule has 1 saturated heterocycles. The number of ether oxygens (including phenoxy) is 1. The average molecular weight is 342 g/mol. The van der Waals surface area contributed by atoms with Crippen molar-refractivity contribution in [2.45, 2.75) is 12.5 Å². The molecule has 2 unspecified atom stereocenters. The first-order chi connectivity index (χ1) is 6.68. The molecule has 2 atom stereocenters. The van der Waals surface area contributed by atoms with Crippen molar-refractivity contribution >= 4 is 43.2 Å². The van der Waals surface area contributed by atoms with Gasteiger partial charge in [0.05, 0.1) is 16.5 Å². The second-order valence-corrected chi connectivity index (χ2v) is 6.59. The summed E-state index contributed by atoms with van der Waals surface area (Å²) in [7, 11) is 0. The quantitative estimate of drug-likeness (QED) is 0.893. The number of aliphatic hydroxyl groups excluding tert-OH is 1. The third-order valence-electron chi connectivity index (χ3n) is 2.37. The molecular formula is C9H10Br2O2S. The van der Waals surface area contributed by atoms with E-state index in [4.69, 9.17) is 4.74 Å². The highest BCUT2D eigenvalue weighted by Crippen LogP contribution is 2.39. The summed E-state index contributed by atoms with van der Waals surface area (Å²) in [5.41, 5.74) is 0. The maximum Gasteiger partial charge on any atom is 0.0933 e. The predicted molar refractivity (Wildman–Crippen MR) is 63.6 cm³/mol. The van der Waals surface area contributed by atoms with Crippen LogP contribution >= 0.6 is 43.2 Å². The van der Waals surface area contributed by atoms with Gasteiger partial charge < -0.3 is 9.84 Å². The molecule has 0 bridgehead atoms. The van der Waals surface area contributed by atoms with Gasteiger partial charge in [-0.15, -0.1) is 11.3 Å². The van der Waals surface area contributed by atoms with Gasteiger partial charge in [-0.1, -0.05) is 0 Å². The van der Waals surface area contributed by atoms with Crippen LogP contribution in [0.4, 0.5) is 0 Å². The maximum absolute atomic E-state index is 10.0. The van der Waals surface area contributed by atoms with Crippen molar-refractivity contribution < 1.29 is 9.84 Å². The number of halogens is 2. The van der Waals surface area contributed by atoms with Crippen LogP contribution in [-0.4, -0.2) is 18.3 Å². The molecule has 78 valence electrons. The Balaban J connectivity index is 2.13. The number of thiophene rings is 1. The van der Waals surface area contributed by atoms with Gasteiger partial charge >= 0.3 is 0 Å². The van der Waals surface area contributed by atoms with Crippen molar-refractivity contribution in [1.29, 1.82) is 0 Å². The van der Waals surface area contributed by atoms with Crippen molar-refractivity contribution in [2.24, 2.45) is 5.92 Å². The lowest BCUT2D eigenvalue weighted by Crippen LogP contribution is -2.10. The third kappa shape index (κ3) is 2.22. The van der Waals surface area contributed by atoms with Gasteiger partial charge in [-0.25, -0.2) is 0 Å². The standard InChI is InChI=1S/C9H10Br2O2S/c10-6-3-7(14-9(6)11)8(12)5-1-2-13-4-5/h3,5,8,12H,1-2,4H2. The molecule has 1 fully saturated rings. The van der Waals surface area contributed by atoms with Crippen molar-refractivity contribution in [2.75, 3.05) is 13.2 Å². The minimum atomic E-state index is -0.384. The van der Waals surface area contributed by atoms with E-state index in [1.165, 1.54) is 0 Å². The monoisotopic (exact) mass is 340 g/mol. The number of rotatable bonds is 2. The van der Waals surface area contributed by atoms with Crippen LogP contribution < -0.4 is 0 Å². The van der Waals surface area contributed by atoms with Gasteiger partial charge in [-0.3, -0.25) is 0 Å². The van der Waals surface area contributed by atoms with E-state index in [1.54, 1.807) is 11.3 Å². The van der Waals surface area contributed by atoms with Crippen molar-refractivity contribution in [3.63, 3.8) is 0 Å². The molecule has 1 N–H and O–H groups in total. The van der Waals surface area contributed by atoms with Crippen molar-refractivity contribution in [3.05, 3.63) is 19.2 Å². The van der Waals surface area contributed by atoms with Gasteiger partial charge in [-0.2, -0.15) is 0 Å². The van der Waals surface area contributed by atoms with E-state index >= 15 is 0 Å². The highest BCUT2D eigenvalue weighted by molar-refractivity contribution is 9.13. The zero-order valence-corrected chi connectivity index (χ0v) is 11.4. The molecular weight excluding hydrogens is 332 g/mol. The summed E-state index contributed by atoms with van der Waals surface area (Å²) in [4.78, 5) is 0.999. The number of hydrogen-bond acceptors (Lipinski definition) is 3. The first-order valence-electron chi connectivity index (χ1n) is 4.39. The second kappa shape index (κ2) is 4.61. The fourth-order valence-electron chi connectivity index (χ4n) is 1.54. The summed E-state index contributed by atoms with van der Waals surface area (Å²) in [6.45, 7) is 1.45. The smallest absolute Gasteiger partial charge is 0.0933 e. The minimum absolute atomic E-state index is 0.257. The first-order valence-corrected chi connectivity index (χ1v) is 6.79. The van der Waals surface area contributed by atoms with E-state index in [0.717, 1.165) is 26.2 Å². The average Bonchev–Trinajstić information content (AvgIpc) is 2.76. The SMILES string of the molecule is OC(c1cc(Br)c(Br)s1)C1CCOC1. The summed E-state index contributed by atoms with van der Waals surface area (Å²) in [6, 6.07) is 1.97. The Kier molecular flexibility index (Phi) is 3.65. The summed E-state index contributed by atoms with van der Waals surface area (Å²) in [6.07, 6.45) is 0.569. The Labute approximate surface area is 104 Å². The molecule has 0 radical (unpaired) electrons. The second-order valence-electron chi connectivity index (χ2n) is 3.34. The lowest BCUT2D eigenvalue weighted by atomic mass is 10.0. The summed E-state index contributed by atoms with van der Waals surface area (Å²) in [5, 5.41) is 10.0. The van der Waals surface area contributed by atoms with Crippen molar-refractivity contribution in [3.8, 4) is 0 Å². The molecule has 0 aliphatic carbocycles. The summed E-state index contributed by atoms with van der Waals surface area (Å²) >= 11 is 8.41.